The average molecular weight is 302 g/mol. The van der Waals surface area contributed by atoms with Crippen molar-refractivity contribution in [2.75, 3.05) is 0 Å². The second-order valence-corrected chi connectivity index (χ2v) is 5.70. The average Bonchev–Trinajstić information content (AvgIpc) is 2.74. The lowest BCUT2D eigenvalue weighted by molar-refractivity contribution is 1.06. The number of hydrogen-bond acceptors (Lipinski definition) is 5. The summed E-state index contributed by atoms with van der Waals surface area (Å²) in [5.74, 6) is 0. The van der Waals surface area contributed by atoms with Gasteiger partial charge < -0.3 is 5.73 Å². The number of aromatic nitrogens is 2. The Morgan fingerprint density at radius 1 is 1.47 bits per heavy atom. The molecule has 0 unspecified atom stereocenters. The van der Waals surface area contributed by atoms with Crippen LogP contribution in [0.15, 0.2) is 38.2 Å². The van der Waals surface area contributed by atoms with Crippen LogP contribution >= 0.6 is 39.2 Å². The van der Waals surface area contributed by atoms with Gasteiger partial charge in [0.2, 0.25) is 0 Å². The summed E-state index contributed by atoms with van der Waals surface area (Å²) in [5, 5.41) is 0. The molecule has 0 saturated heterocycles. The van der Waals surface area contributed by atoms with Gasteiger partial charge in [0.15, 0.2) is 4.34 Å². The van der Waals surface area contributed by atoms with Crippen LogP contribution in [0.3, 0.4) is 0 Å². The van der Waals surface area contributed by atoms with Crippen LogP contribution in [0, 0.1) is 0 Å². The monoisotopic (exact) mass is 301 g/mol. The SMILES string of the molecule is NCc1ccc(Sc2ncns2)c(Br)c1. The Balaban J connectivity index is 2.22. The molecule has 15 heavy (non-hydrogen) atoms. The Hall–Kier alpha value is -0.430. The Morgan fingerprint density at radius 2 is 2.33 bits per heavy atom. The number of nitrogens with two attached hydrogens (primary N) is 1. The smallest absolute Gasteiger partial charge is 0.174 e. The Kier molecular flexibility index (Phi) is 3.74. The van der Waals surface area contributed by atoms with Gasteiger partial charge in [-0.2, -0.15) is 4.37 Å². The lowest BCUT2D eigenvalue weighted by atomic mass is 10.2. The largest absolute Gasteiger partial charge is 0.326 e. The molecule has 2 aromatic rings. The van der Waals surface area contributed by atoms with Gasteiger partial charge >= 0.3 is 0 Å². The number of nitrogens with zero attached hydrogens (tertiary/aromatic N) is 2. The minimum absolute atomic E-state index is 0.558. The third-order valence-corrected chi connectivity index (χ3v) is 4.48. The van der Waals surface area contributed by atoms with Gasteiger partial charge in [0.1, 0.15) is 6.33 Å². The van der Waals surface area contributed by atoms with Crippen molar-refractivity contribution in [1.82, 2.24) is 9.36 Å². The highest BCUT2D eigenvalue weighted by molar-refractivity contribution is 9.10. The summed E-state index contributed by atoms with van der Waals surface area (Å²) < 4.78 is 5.94. The van der Waals surface area contributed by atoms with Crippen LogP contribution in [-0.4, -0.2) is 9.36 Å². The van der Waals surface area contributed by atoms with E-state index in [0.29, 0.717) is 6.54 Å². The van der Waals surface area contributed by atoms with Crippen LogP contribution in [0.25, 0.3) is 0 Å². The molecule has 0 fully saturated rings. The first-order chi connectivity index (χ1) is 7.29. The Labute approximate surface area is 104 Å². The lowest BCUT2D eigenvalue weighted by Crippen LogP contribution is -1.95. The van der Waals surface area contributed by atoms with Crippen molar-refractivity contribution in [3.05, 3.63) is 34.6 Å². The van der Waals surface area contributed by atoms with Crippen molar-refractivity contribution in [2.24, 2.45) is 5.73 Å². The van der Waals surface area contributed by atoms with Crippen LogP contribution in [-0.2, 0) is 6.54 Å². The van der Waals surface area contributed by atoms with E-state index in [2.05, 4.69) is 25.3 Å². The summed E-state index contributed by atoms with van der Waals surface area (Å²) in [6.07, 6.45) is 1.56. The van der Waals surface area contributed by atoms with E-state index in [-0.39, 0.29) is 0 Å². The number of rotatable bonds is 3. The van der Waals surface area contributed by atoms with Crippen molar-refractivity contribution in [1.29, 1.82) is 0 Å². The van der Waals surface area contributed by atoms with E-state index in [1.165, 1.54) is 11.5 Å². The molecule has 0 amide bonds. The van der Waals surface area contributed by atoms with Crippen molar-refractivity contribution in [3.63, 3.8) is 0 Å². The summed E-state index contributed by atoms with van der Waals surface area (Å²) in [6, 6.07) is 6.09. The molecular weight excluding hydrogens is 294 g/mol. The molecule has 0 spiro atoms. The fraction of sp³-hybridized carbons (Fsp3) is 0.111. The molecule has 1 aromatic carbocycles. The first-order valence-electron chi connectivity index (χ1n) is 4.22. The summed E-state index contributed by atoms with van der Waals surface area (Å²) in [5.41, 5.74) is 6.67. The molecule has 0 saturated carbocycles. The summed E-state index contributed by atoms with van der Waals surface area (Å²) >= 11 is 6.50. The topological polar surface area (TPSA) is 51.8 Å². The van der Waals surface area contributed by atoms with Gasteiger partial charge in [-0.05, 0) is 45.2 Å². The normalized spacial score (nSPS) is 10.5. The molecule has 6 heteroatoms. The van der Waals surface area contributed by atoms with E-state index in [1.54, 1.807) is 18.1 Å². The van der Waals surface area contributed by atoms with Crippen LogP contribution in [0.4, 0.5) is 0 Å². The van der Waals surface area contributed by atoms with Crippen LogP contribution < -0.4 is 5.73 Å². The van der Waals surface area contributed by atoms with Gasteiger partial charge in [-0.1, -0.05) is 17.8 Å². The van der Waals surface area contributed by atoms with Crippen molar-refractivity contribution < 1.29 is 0 Å². The standard InChI is InChI=1S/C9H8BrN3S2/c10-7-3-6(4-11)1-2-8(7)14-9-12-5-13-15-9/h1-3,5H,4,11H2. The third-order valence-electron chi connectivity index (χ3n) is 1.77. The van der Waals surface area contributed by atoms with Gasteiger partial charge in [-0.3, -0.25) is 0 Å². The van der Waals surface area contributed by atoms with Crippen LogP contribution in [0.1, 0.15) is 5.56 Å². The van der Waals surface area contributed by atoms with E-state index in [9.17, 15) is 0 Å². The van der Waals surface area contributed by atoms with Crippen LogP contribution in [0.2, 0.25) is 0 Å². The highest BCUT2D eigenvalue weighted by Crippen LogP contribution is 2.34. The van der Waals surface area contributed by atoms with Crippen molar-refractivity contribution >= 4 is 39.2 Å². The second-order valence-electron chi connectivity index (χ2n) is 2.78. The first kappa shape index (κ1) is 11.1. The summed E-state index contributed by atoms with van der Waals surface area (Å²) in [7, 11) is 0. The predicted octanol–water partition coefficient (Wildman–Crippen LogP) is 2.91. The van der Waals surface area contributed by atoms with E-state index in [4.69, 9.17) is 5.73 Å². The molecule has 2 N–H and O–H groups in total. The number of halogens is 1. The maximum atomic E-state index is 5.56. The Morgan fingerprint density at radius 3 is 2.93 bits per heavy atom. The molecule has 1 heterocycles. The number of benzene rings is 1. The van der Waals surface area contributed by atoms with Gasteiger partial charge in [-0.15, -0.1) is 0 Å². The maximum absolute atomic E-state index is 5.56. The molecule has 0 bridgehead atoms. The van der Waals surface area contributed by atoms with E-state index < -0.39 is 0 Å². The van der Waals surface area contributed by atoms with E-state index in [1.807, 2.05) is 18.2 Å². The molecule has 0 aliphatic heterocycles. The van der Waals surface area contributed by atoms with Gasteiger partial charge in [-0.25, -0.2) is 4.98 Å². The summed E-state index contributed by atoms with van der Waals surface area (Å²) in [4.78, 5) is 5.25. The Bertz CT molecular complexity index is 445. The van der Waals surface area contributed by atoms with Crippen LogP contribution in [0.5, 0.6) is 0 Å². The minimum Gasteiger partial charge on any atom is -0.326 e. The molecule has 78 valence electrons. The van der Waals surface area contributed by atoms with E-state index >= 15 is 0 Å². The molecule has 2 rings (SSSR count). The lowest BCUT2D eigenvalue weighted by Gasteiger charge is -2.03. The maximum Gasteiger partial charge on any atom is 0.174 e. The highest BCUT2D eigenvalue weighted by Gasteiger charge is 2.05. The van der Waals surface area contributed by atoms with Gasteiger partial charge in [0.05, 0.1) is 0 Å². The molecular formula is C9H8BrN3S2. The highest BCUT2D eigenvalue weighted by atomic mass is 79.9. The fourth-order valence-electron chi connectivity index (χ4n) is 1.06. The fourth-order valence-corrected chi connectivity index (χ4v) is 3.13. The van der Waals surface area contributed by atoms with Gasteiger partial charge in [0, 0.05) is 15.9 Å². The third kappa shape index (κ3) is 2.78. The molecule has 0 atom stereocenters. The zero-order valence-electron chi connectivity index (χ0n) is 7.68. The zero-order chi connectivity index (χ0) is 10.7. The van der Waals surface area contributed by atoms with Crippen molar-refractivity contribution in [3.8, 4) is 0 Å². The predicted molar refractivity (Wildman–Crippen MR) is 66.1 cm³/mol. The quantitative estimate of drug-likeness (QED) is 0.947. The molecule has 0 aliphatic carbocycles. The molecule has 0 radical (unpaired) electrons. The second kappa shape index (κ2) is 5.07. The van der Waals surface area contributed by atoms with Gasteiger partial charge in [0.25, 0.3) is 0 Å². The zero-order valence-corrected chi connectivity index (χ0v) is 10.9. The summed E-state index contributed by atoms with van der Waals surface area (Å²) in [6.45, 7) is 0.558. The molecule has 1 aromatic heterocycles. The molecule has 3 nitrogen and oxygen atoms in total. The number of hydrogen-bond donors (Lipinski definition) is 1. The van der Waals surface area contributed by atoms with E-state index in [0.717, 1.165) is 19.3 Å². The first-order valence-corrected chi connectivity index (χ1v) is 6.61. The minimum atomic E-state index is 0.558. The molecule has 0 aliphatic rings. The van der Waals surface area contributed by atoms with Crippen molar-refractivity contribution in [2.45, 2.75) is 15.8 Å².